The summed E-state index contributed by atoms with van der Waals surface area (Å²) in [6.07, 6.45) is 5.36. The van der Waals surface area contributed by atoms with E-state index in [2.05, 4.69) is 20.8 Å². The van der Waals surface area contributed by atoms with Gasteiger partial charge < -0.3 is 15.1 Å². The van der Waals surface area contributed by atoms with E-state index in [-0.39, 0.29) is 0 Å². The third-order valence-electron chi connectivity index (χ3n) is 2.76. The highest BCUT2D eigenvalue weighted by atomic mass is 16.4. The number of hydrogen-bond donors (Lipinski definition) is 2. The lowest BCUT2D eigenvalue weighted by molar-refractivity contribution is 0.480. The first-order valence-electron chi connectivity index (χ1n) is 6.15. The summed E-state index contributed by atoms with van der Waals surface area (Å²) in [6.45, 7) is 4.53. The molecule has 1 fully saturated rings. The average molecular weight is 224 g/mol. The number of hydrogen-bond acceptors (Lipinski definition) is 5. The first-order chi connectivity index (χ1) is 7.88. The largest absolute Gasteiger partial charge is 0.407 e. The maximum Gasteiger partial charge on any atom is 0.315 e. The van der Waals surface area contributed by atoms with Gasteiger partial charge in [-0.25, -0.2) is 0 Å². The fraction of sp³-hybridized carbons (Fsp3) is 0.818. The van der Waals surface area contributed by atoms with E-state index < -0.39 is 0 Å². The average Bonchev–Trinajstić information content (AvgIpc) is 3.01. The topological polar surface area (TPSA) is 63.0 Å². The quantitative estimate of drug-likeness (QED) is 0.659. The Kier molecular flexibility index (Phi) is 4.16. The van der Waals surface area contributed by atoms with E-state index in [9.17, 15) is 0 Å². The van der Waals surface area contributed by atoms with E-state index in [4.69, 9.17) is 4.42 Å². The van der Waals surface area contributed by atoms with Crippen LogP contribution in [0.4, 0.5) is 6.01 Å². The van der Waals surface area contributed by atoms with Gasteiger partial charge in [0.25, 0.3) is 0 Å². The van der Waals surface area contributed by atoms with Gasteiger partial charge in [0.05, 0.1) is 6.54 Å². The van der Waals surface area contributed by atoms with Crippen molar-refractivity contribution in [2.75, 3.05) is 18.4 Å². The number of nitrogens with one attached hydrogen (secondary N) is 2. The zero-order valence-corrected chi connectivity index (χ0v) is 9.83. The molecule has 5 heteroatoms. The summed E-state index contributed by atoms with van der Waals surface area (Å²) >= 11 is 0. The lowest BCUT2D eigenvalue weighted by atomic mass is 10.2. The molecule has 90 valence electrons. The van der Waals surface area contributed by atoms with E-state index in [1.807, 2.05) is 6.92 Å². The standard InChI is InChI=1S/C11H20N4O/c1-2-12-8-10-14-15-11(16-10)13-7-3-4-9-5-6-9/h9,12H,2-8H2,1H3,(H,13,15). The first kappa shape index (κ1) is 11.4. The molecule has 1 aliphatic rings. The van der Waals surface area contributed by atoms with Crippen LogP contribution in [0.25, 0.3) is 0 Å². The van der Waals surface area contributed by atoms with Crippen molar-refractivity contribution in [2.45, 2.75) is 39.2 Å². The highest BCUT2D eigenvalue weighted by Gasteiger charge is 2.20. The number of aromatic nitrogens is 2. The zero-order chi connectivity index (χ0) is 11.2. The molecule has 2 N–H and O–H groups in total. The van der Waals surface area contributed by atoms with Crippen molar-refractivity contribution in [3.8, 4) is 0 Å². The molecule has 0 unspecified atom stereocenters. The van der Waals surface area contributed by atoms with Crippen LogP contribution >= 0.6 is 0 Å². The number of rotatable bonds is 8. The minimum atomic E-state index is 0.545. The molecular formula is C11H20N4O. The van der Waals surface area contributed by atoms with Crippen molar-refractivity contribution < 1.29 is 4.42 Å². The van der Waals surface area contributed by atoms with Crippen LogP contribution in [-0.4, -0.2) is 23.3 Å². The van der Waals surface area contributed by atoms with Crippen molar-refractivity contribution in [1.82, 2.24) is 15.5 Å². The predicted octanol–water partition coefficient (Wildman–Crippen LogP) is 1.78. The Morgan fingerprint density at radius 1 is 1.38 bits per heavy atom. The number of nitrogens with zero attached hydrogens (tertiary/aromatic N) is 2. The zero-order valence-electron chi connectivity index (χ0n) is 9.83. The van der Waals surface area contributed by atoms with Gasteiger partial charge in [0.2, 0.25) is 5.89 Å². The molecule has 0 saturated heterocycles. The molecule has 1 aromatic rings. The highest BCUT2D eigenvalue weighted by molar-refractivity contribution is 5.16. The second-order valence-corrected chi connectivity index (χ2v) is 4.29. The molecular weight excluding hydrogens is 204 g/mol. The predicted molar refractivity (Wildman–Crippen MR) is 62.1 cm³/mol. The van der Waals surface area contributed by atoms with Crippen LogP contribution < -0.4 is 10.6 Å². The van der Waals surface area contributed by atoms with Crippen LogP contribution in [0.15, 0.2) is 4.42 Å². The van der Waals surface area contributed by atoms with Crippen molar-refractivity contribution in [3.05, 3.63) is 5.89 Å². The third kappa shape index (κ3) is 3.81. The Hall–Kier alpha value is -1.10. The van der Waals surface area contributed by atoms with E-state index >= 15 is 0 Å². The fourth-order valence-corrected chi connectivity index (χ4v) is 1.62. The summed E-state index contributed by atoms with van der Waals surface area (Å²) in [7, 11) is 0. The maximum absolute atomic E-state index is 5.41. The third-order valence-corrected chi connectivity index (χ3v) is 2.76. The van der Waals surface area contributed by atoms with Crippen LogP contribution in [0.2, 0.25) is 0 Å². The van der Waals surface area contributed by atoms with Gasteiger partial charge in [-0.3, -0.25) is 0 Å². The molecule has 1 heterocycles. The summed E-state index contributed by atoms with van der Waals surface area (Å²) in [5, 5.41) is 14.2. The highest BCUT2D eigenvalue weighted by Crippen LogP contribution is 2.33. The lowest BCUT2D eigenvalue weighted by Gasteiger charge is -1.99. The summed E-state index contributed by atoms with van der Waals surface area (Å²) in [5.74, 6) is 1.64. The Morgan fingerprint density at radius 3 is 3.00 bits per heavy atom. The second-order valence-electron chi connectivity index (χ2n) is 4.29. The molecule has 0 radical (unpaired) electrons. The molecule has 1 aliphatic carbocycles. The van der Waals surface area contributed by atoms with Crippen LogP contribution in [-0.2, 0) is 6.54 Å². The Bertz CT molecular complexity index is 309. The molecule has 0 bridgehead atoms. The van der Waals surface area contributed by atoms with Crippen molar-refractivity contribution in [2.24, 2.45) is 5.92 Å². The number of anilines is 1. The molecule has 2 rings (SSSR count). The fourth-order valence-electron chi connectivity index (χ4n) is 1.62. The lowest BCUT2D eigenvalue weighted by Crippen LogP contribution is -2.11. The second kappa shape index (κ2) is 5.84. The normalized spacial score (nSPS) is 15.3. The Balaban J connectivity index is 1.61. The van der Waals surface area contributed by atoms with Crippen LogP contribution in [0.3, 0.4) is 0 Å². The van der Waals surface area contributed by atoms with Crippen molar-refractivity contribution in [3.63, 3.8) is 0 Å². The Morgan fingerprint density at radius 2 is 2.25 bits per heavy atom. The molecule has 0 aliphatic heterocycles. The van der Waals surface area contributed by atoms with Gasteiger partial charge in [-0.1, -0.05) is 24.9 Å². The van der Waals surface area contributed by atoms with E-state index in [1.165, 1.54) is 25.7 Å². The molecule has 16 heavy (non-hydrogen) atoms. The van der Waals surface area contributed by atoms with Gasteiger partial charge in [-0.05, 0) is 25.3 Å². The summed E-state index contributed by atoms with van der Waals surface area (Å²) in [5.41, 5.74) is 0. The summed E-state index contributed by atoms with van der Waals surface area (Å²) in [4.78, 5) is 0. The minimum absolute atomic E-state index is 0.545. The van der Waals surface area contributed by atoms with Gasteiger partial charge in [0.1, 0.15) is 0 Å². The van der Waals surface area contributed by atoms with Gasteiger partial charge >= 0.3 is 6.01 Å². The monoisotopic (exact) mass is 224 g/mol. The van der Waals surface area contributed by atoms with Crippen molar-refractivity contribution in [1.29, 1.82) is 0 Å². The SMILES string of the molecule is CCNCc1nnc(NCCCC2CC2)o1. The summed E-state index contributed by atoms with van der Waals surface area (Å²) < 4.78 is 5.41. The molecule has 0 amide bonds. The summed E-state index contributed by atoms with van der Waals surface area (Å²) in [6, 6.07) is 0.545. The van der Waals surface area contributed by atoms with Crippen LogP contribution in [0.5, 0.6) is 0 Å². The van der Waals surface area contributed by atoms with E-state index in [1.54, 1.807) is 0 Å². The Labute approximate surface area is 96.0 Å². The van der Waals surface area contributed by atoms with E-state index in [0.717, 1.165) is 19.0 Å². The maximum atomic E-state index is 5.41. The van der Waals surface area contributed by atoms with Gasteiger partial charge in [-0.2, -0.15) is 0 Å². The van der Waals surface area contributed by atoms with Crippen LogP contribution in [0, 0.1) is 5.92 Å². The van der Waals surface area contributed by atoms with Gasteiger partial charge in [0.15, 0.2) is 0 Å². The van der Waals surface area contributed by atoms with Crippen LogP contribution in [0.1, 0.15) is 38.5 Å². The van der Waals surface area contributed by atoms with Gasteiger partial charge in [-0.15, -0.1) is 5.10 Å². The molecule has 0 atom stereocenters. The molecule has 0 spiro atoms. The molecule has 0 aromatic carbocycles. The smallest absolute Gasteiger partial charge is 0.315 e. The van der Waals surface area contributed by atoms with Crippen molar-refractivity contribution >= 4 is 6.01 Å². The first-order valence-corrected chi connectivity index (χ1v) is 6.15. The van der Waals surface area contributed by atoms with Gasteiger partial charge in [0, 0.05) is 6.54 Å². The van der Waals surface area contributed by atoms with E-state index in [0.29, 0.717) is 18.5 Å². The molecule has 1 aromatic heterocycles. The molecule has 1 saturated carbocycles. The minimum Gasteiger partial charge on any atom is -0.407 e. The molecule has 5 nitrogen and oxygen atoms in total.